The molecule has 0 spiro atoms. The standard InChI is InChI=1S/C24H26ClN3O2/c25-19-8-5-17(6-9-19)24-21(16-27-11-13-30-14-12-27)28-15-18(7-10-23(28)26-24)20-3-1-2-4-22(20)29/h1-10,15,21,23-24,26,29H,11-14,16H2. The highest BCUT2D eigenvalue weighted by molar-refractivity contribution is 6.30. The average Bonchev–Trinajstić information content (AvgIpc) is 3.13. The van der Waals surface area contributed by atoms with E-state index < -0.39 is 0 Å². The molecule has 0 radical (unpaired) electrons. The van der Waals surface area contributed by atoms with Crippen molar-refractivity contribution < 1.29 is 9.84 Å². The Labute approximate surface area is 182 Å². The van der Waals surface area contributed by atoms with Crippen LogP contribution >= 0.6 is 11.6 Å². The minimum absolute atomic E-state index is 0.117. The van der Waals surface area contributed by atoms with Gasteiger partial charge in [0.05, 0.1) is 31.5 Å². The number of phenols is 1. The molecule has 3 heterocycles. The Balaban J connectivity index is 1.48. The lowest BCUT2D eigenvalue weighted by Gasteiger charge is -2.36. The Morgan fingerprint density at radius 1 is 1.07 bits per heavy atom. The highest BCUT2D eigenvalue weighted by Crippen LogP contribution is 2.37. The van der Waals surface area contributed by atoms with E-state index in [0.717, 1.165) is 49.0 Å². The van der Waals surface area contributed by atoms with E-state index in [1.165, 1.54) is 5.56 Å². The minimum atomic E-state index is 0.117. The summed E-state index contributed by atoms with van der Waals surface area (Å²) in [6.07, 6.45) is 6.59. The van der Waals surface area contributed by atoms with Crippen LogP contribution in [0.5, 0.6) is 5.75 Å². The quantitative estimate of drug-likeness (QED) is 0.786. The number of aromatic hydroxyl groups is 1. The highest BCUT2D eigenvalue weighted by Gasteiger charge is 2.41. The number of phenolic OH excluding ortho intramolecular Hbond substituents is 1. The van der Waals surface area contributed by atoms with Gasteiger partial charge in [-0.3, -0.25) is 10.2 Å². The van der Waals surface area contributed by atoms with Crippen LogP contribution in [-0.4, -0.2) is 60.0 Å². The van der Waals surface area contributed by atoms with Crippen molar-refractivity contribution in [3.8, 4) is 5.75 Å². The summed E-state index contributed by atoms with van der Waals surface area (Å²) >= 11 is 6.14. The van der Waals surface area contributed by atoms with Crippen LogP contribution in [0, 0.1) is 0 Å². The smallest absolute Gasteiger partial charge is 0.123 e. The molecule has 0 amide bonds. The number of nitrogens with one attached hydrogen (secondary N) is 1. The zero-order valence-corrected chi connectivity index (χ0v) is 17.5. The van der Waals surface area contributed by atoms with Crippen LogP contribution in [0.3, 0.4) is 0 Å². The number of hydrogen-bond donors (Lipinski definition) is 2. The van der Waals surface area contributed by atoms with E-state index in [2.05, 4.69) is 45.6 Å². The summed E-state index contributed by atoms with van der Waals surface area (Å²) in [6.45, 7) is 4.42. The molecule has 5 rings (SSSR count). The van der Waals surface area contributed by atoms with Crippen molar-refractivity contribution in [3.63, 3.8) is 0 Å². The number of ether oxygens (including phenoxy) is 1. The van der Waals surface area contributed by atoms with Crippen LogP contribution < -0.4 is 5.32 Å². The van der Waals surface area contributed by atoms with E-state index in [0.29, 0.717) is 5.75 Å². The molecule has 3 aliphatic heterocycles. The first-order valence-electron chi connectivity index (χ1n) is 10.5. The van der Waals surface area contributed by atoms with Gasteiger partial charge in [-0.25, -0.2) is 0 Å². The molecule has 6 heteroatoms. The second-order valence-electron chi connectivity index (χ2n) is 8.03. The summed E-state index contributed by atoms with van der Waals surface area (Å²) in [5.41, 5.74) is 3.11. The second kappa shape index (κ2) is 8.44. The van der Waals surface area contributed by atoms with Crippen LogP contribution in [-0.2, 0) is 4.74 Å². The summed E-state index contributed by atoms with van der Waals surface area (Å²) in [4.78, 5) is 4.88. The van der Waals surface area contributed by atoms with E-state index in [1.807, 2.05) is 30.3 Å². The molecule has 0 bridgehead atoms. The molecule has 5 nitrogen and oxygen atoms in total. The van der Waals surface area contributed by atoms with Gasteiger partial charge in [0.25, 0.3) is 0 Å². The SMILES string of the molecule is Oc1ccccc1C1=CN2C(C=C1)NC(c1ccc(Cl)cc1)C2CN1CCOCC1. The minimum Gasteiger partial charge on any atom is -0.507 e. The molecule has 2 aromatic carbocycles. The lowest BCUT2D eigenvalue weighted by atomic mass is 9.98. The number of morpholine rings is 1. The number of hydrogen-bond acceptors (Lipinski definition) is 5. The Kier molecular flexibility index (Phi) is 5.52. The first-order chi connectivity index (χ1) is 14.7. The lowest BCUT2D eigenvalue weighted by Crippen LogP contribution is -2.46. The molecule has 0 aromatic heterocycles. The van der Waals surface area contributed by atoms with Gasteiger partial charge in [-0.1, -0.05) is 48.0 Å². The molecular formula is C24H26ClN3O2. The largest absolute Gasteiger partial charge is 0.507 e. The van der Waals surface area contributed by atoms with Crippen molar-refractivity contribution in [2.45, 2.75) is 18.2 Å². The van der Waals surface area contributed by atoms with Gasteiger partial charge in [-0.2, -0.15) is 0 Å². The number of allylic oxidation sites excluding steroid dienone is 2. The first kappa shape index (κ1) is 19.6. The molecular weight excluding hydrogens is 398 g/mol. The summed E-state index contributed by atoms with van der Waals surface area (Å²) in [5.74, 6) is 0.304. The predicted octanol–water partition coefficient (Wildman–Crippen LogP) is 3.63. The van der Waals surface area contributed by atoms with Gasteiger partial charge < -0.3 is 14.7 Å². The average molecular weight is 424 g/mol. The fourth-order valence-corrected chi connectivity index (χ4v) is 4.73. The van der Waals surface area contributed by atoms with Gasteiger partial charge in [0.2, 0.25) is 0 Å². The zero-order chi connectivity index (χ0) is 20.5. The third-order valence-corrected chi connectivity index (χ3v) is 6.43. The van der Waals surface area contributed by atoms with E-state index >= 15 is 0 Å². The fraction of sp³-hybridized carbons (Fsp3) is 0.333. The van der Waals surface area contributed by atoms with Crippen LogP contribution in [0.15, 0.2) is 66.9 Å². The van der Waals surface area contributed by atoms with Crippen molar-refractivity contribution in [3.05, 3.63) is 83.0 Å². The predicted molar refractivity (Wildman–Crippen MR) is 119 cm³/mol. The van der Waals surface area contributed by atoms with Crippen molar-refractivity contribution in [2.24, 2.45) is 0 Å². The molecule has 0 aliphatic carbocycles. The topological polar surface area (TPSA) is 48.0 Å². The number of nitrogens with zero attached hydrogens (tertiary/aromatic N) is 2. The molecule has 3 atom stereocenters. The summed E-state index contributed by atoms with van der Waals surface area (Å²) < 4.78 is 5.55. The van der Waals surface area contributed by atoms with Gasteiger partial charge in [-0.15, -0.1) is 0 Å². The van der Waals surface area contributed by atoms with E-state index in [-0.39, 0.29) is 18.2 Å². The molecule has 3 unspecified atom stereocenters. The lowest BCUT2D eigenvalue weighted by molar-refractivity contribution is 0.0278. The third kappa shape index (κ3) is 3.86. The Bertz CT molecular complexity index is 953. The van der Waals surface area contributed by atoms with Gasteiger partial charge in [0.1, 0.15) is 5.75 Å². The monoisotopic (exact) mass is 423 g/mol. The molecule has 2 saturated heterocycles. The summed E-state index contributed by atoms with van der Waals surface area (Å²) in [7, 11) is 0. The summed E-state index contributed by atoms with van der Waals surface area (Å²) in [5, 5.41) is 14.9. The molecule has 2 N–H and O–H groups in total. The normalized spacial score (nSPS) is 26.5. The third-order valence-electron chi connectivity index (χ3n) is 6.18. The highest BCUT2D eigenvalue weighted by atomic mass is 35.5. The molecule has 2 aromatic rings. The molecule has 3 aliphatic rings. The number of benzene rings is 2. The van der Waals surface area contributed by atoms with Gasteiger partial charge in [-0.05, 0) is 29.8 Å². The second-order valence-corrected chi connectivity index (χ2v) is 8.47. The fourth-order valence-electron chi connectivity index (χ4n) is 4.60. The molecule has 30 heavy (non-hydrogen) atoms. The Hall–Kier alpha value is -2.31. The van der Waals surface area contributed by atoms with Crippen molar-refractivity contribution >= 4 is 17.2 Å². The maximum atomic E-state index is 10.3. The zero-order valence-electron chi connectivity index (χ0n) is 16.7. The van der Waals surface area contributed by atoms with E-state index in [9.17, 15) is 5.11 Å². The molecule has 2 fully saturated rings. The number of halogens is 1. The number of fused-ring (bicyclic) bond motifs is 1. The van der Waals surface area contributed by atoms with Gasteiger partial charge in [0, 0.05) is 42.0 Å². The maximum Gasteiger partial charge on any atom is 0.123 e. The summed E-state index contributed by atoms with van der Waals surface area (Å²) in [6, 6.07) is 16.1. The Morgan fingerprint density at radius 2 is 1.83 bits per heavy atom. The number of para-hydroxylation sites is 1. The van der Waals surface area contributed by atoms with E-state index in [1.54, 1.807) is 6.07 Å². The molecule has 0 saturated carbocycles. The first-order valence-corrected chi connectivity index (χ1v) is 10.8. The van der Waals surface area contributed by atoms with E-state index in [4.69, 9.17) is 16.3 Å². The van der Waals surface area contributed by atoms with Crippen molar-refractivity contribution in [1.82, 2.24) is 15.1 Å². The van der Waals surface area contributed by atoms with Gasteiger partial charge >= 0.3 is 0 Å². The molecule has 156 valence electrons. The van der Waals surface area contributed by atoms with Crippen LogP contribution in [0.1, 0.15) is 17.2 Å². The van der Waals surface area contributed by atoms with Crippen molar-refractivity contribution in [2.75, 3.05) is 32.8 Å². The van der Waals surface area contributed by atoms with Crippen LogP contribution in [0.25, 0.3) is 5.57 Å². The van der Waals surface area contributed by atoms with Gasteiger partial charge in [0.15, 0.2) is 0 Å². The Morgan fingerprint density at radius 3 is 2.60 bits per heavy atom. The maximum absolute atomic E-state index is 10.3. The van der Waals surface area contributed by atoms with Crippen LogP contribution in [0.4, 0.5) is 0 Å². The van der Waals surface area contributed by atoms with Crippen molar-refractivity contribution in [1.29, 1.82) is 0 Å². The number of rotatable bonds is 4. The van der Waals surface area contributed by atoms with Crippen LogP contribution in [0.2, 0.25) is 5.02 Å².